The van der Waals surface area contributed by atoms with Crippen LogP contribution in [-0.2, 0) is 24.2 Å². The first-order valence-electron chi connectivity index (χ1n) is 2.26. The summed E-state index contributed by atoms with van der Waals surface area (Å²) in [4.78, 5) is 37.0. The minimum Gasteiger partial charge on any atom is -0.248 e. The molecule has 0 unspecified atom stereocenters. The molecule has 10 heavy (non-hydrogen) atoms. The Morgan fingerprint density at radius 3 is 2.40 bits per heavy atom. The molecule has 54 valence electrons. The van der Waals surface area contributed by atoms with Crippen molar-refractivity contribution in [2.45, 2.75) is 6.92 Å². The monoisotopic (exact) mass is 144 g/mol. The van der Waals surface area contributed by atoms with Crippen LogP contribution in [0.1, 0.15) is 6.92 Å². The highest BCUT2D eigenvalue weighted by Crippen LogP contribution is 1.81. The van der Waals surface area contributed by atoms with Crippen molar-refractivity contribution < 1.29 is 24.2 Å². The van der Waals surface area contributed by atoms with Crippen molar-refractivity contribution >= 4 is 17.9 Å². The number of hydrogen-bond acceptors (Lipinski definition) is 5. The van der Waals surface area contributed by atoms with Gasteiger partial charge in [-0.15, -0.1) is 0 Å². The standard InChI is InChI=1S/C5H4O5/c1-4(7)9-10-5(8)2-3-6/h2H,1H3. The minimum absolute atomic E-state index is 0.461. The molecular weight excluding hydrogens is 140 g/mol. The van der Waals surface area contributed by atoms with Gasteiger partial charge < -0.3 is 0 Å². The van der Waals surface area contributed by atoms with Gasteiger partial charge in [0, 0.05) is 6.92 Å². The molecular formula is C5H4O5. The van der Waals surface area contributed by atoms with Crippen molar-refractivity contribution in [3.63, 3.8) is 0 Å². The van der Waals surface area contributed by atoms with E-state index in [4.69, 9.17) is 0 Å². The third-order valence-electron chi connectivity index (χ3n) is 0.418. The largest absolute Gasteiger partial charge is 0.390 e. The van der Waals surface area contributed by atoms with E-state index in [1.165, 1.54) is 0 Å². The summed E-state index contributed by atoms with van der Waals surface area (Å²) in [5.41, 5.74) is 0. The van der Waals surface area contributed by atoms with Crippen LogP contribution in [-0.4, -0.2) is 17.9 Å². The van der Waals surface area contributed by atoms with Crippen molar-refractivity contribution in [1.29, 1.82) is 0 Å². The molecule has 0 saturated carbocycles. The second kappa shape index (κ2) is 4.29. The number of rotatable bonds is 1. The number of carbonyl (C=O) groups excluding carboxylic acids is 3. The first-order valence-corrected chi connectivity index (χ1v) is 2.26. The maximum absolute atomic E-state index is 10.1. The van der Waals surface area contributed by atoms with Crippen LogP contribution in [0.5, 0.6) is 0 Å². The fourth-order valence-corrected chi connectivity index (χ4v) is 0.172. The second-order valence-electron chi connectivity index (χ2n) is 1.24. The van der Waals surface area contributed by atoms with Gasteiger partial charge in [-0.1, -0.05) is 0 Å². The molecule has 5 heteroatoms. The lowest BCUT2D eigenvalue weighted by Crippen LogP contribution is -2.05. The van der Waals surface area contributed by atoms with E-state index >= 15 is 0 Å². The molecule has 0 aliphatic rings. The minimum atomic E-state index is -1.06. The van der Waals surface area contributed by atoms with Gasteiger partial charge in [-0.3, -0.25) is 0 Å². The van der Waals surface area contributed by atoms with E-state index in [0.717, 1.165) is 12.9 Å². The summed E-state index contributed by atoms with van der Waals surface area (Å²) in [5, 5.41) is 0. The van der Waals surface area contributed by atoms with Crippen LogP contribution in [0.15, 0.2) is 6.08 Å². The highest BCUT2D eigenvalue weighted by molar-refractivity contribution is 5.89. The van der Waals surface area contributed by atoms with Gasteiger partial charge in [-0.05, 0) is 0 Å². The van der Waals surface area contributed by atoms with Crippen LogP contribution < -0.4 is 0 Å². The Labute approximate surface area is 56.2 Å². The summed E-state index contributed by atoms with van der Waals surface area (Å²) in [7, 11) is 0. The lowest BCUT2D eigenvalue weighted by molar-refractivity contribution is -0.252. The molecule has 0 spiro atoms. The average molecular weight is 144 g/mol. The Kier molecular flexibility index (Phi) is 3.60. The van der Waals surface area contributed by atoms with Crippen LogP contribution >= 0.6 is 0 Å². The predicted molar refractivity (Wildman–Crippen MR) is 28.1 cm³/mol. The highest BCUT2D eigenvalue weighted by atomic mass is 17.2. The van der Waals surface area contributed by atoms with Gasteiger partial charge in [0.2, 0.25) is 0 Å². The smallest absolute Gasteiger partial charge is 0.248 e. The maximum Gasteiger partial charge on any atom is 0.390 e. The summed E-state index contributed by atoms with van der Waals surface area (Å²) in [5.74, 6) is -0.685. The van der Waals surface area contributed by atoms with Gasteiger partial charge in [0.05, 0.1) is 0 Å². The maximum atomic E-state index is 10.1. The van der Waals surface area contributed by atoms with E-state index < -0.39 is 11.9 Å². The van der Waals surface area contributed by atoms with Crippen molar-refractivity contribution in [2.75, 3.05) is 0 Å². The molecule has 0 amide bonds. The zero-order valence-corrected chi connectivity index (χ0v) is 5.12. The molecule has 0 heterocycles. The summed E-state index contributed by atoms with van der Waals surface area (Å²) >= 11 is 0. The quantitative estimate of drug-likeness (QED) is 0.212. The van der Waals surface area contributed by atoms with E-state index in [0.29, 0.717) is 6.08 Å². The lowest BCUT2D eigenvalue weighted by Gasteiger charge is -1.93. The molecule has 0 atom stereocenters. The summed E-state index contributed by atoms with van der Waals surface area (Å²) in [6.07, 6.45) is 0.461. The van der Waals surface area contributed by atoms with Gasteiger partial charge in [0.1, 0.15) is 12.0 Å². The van der Waals surface area contributed by atoms with Gasteiger partial charge in [-0.2, -0.15) is 0 Å². The molecule has 0 aromatic carbocycles. The SMILES string of the molecule is CC(=O)OOC(=O)C=C=O. The summed E-state index contributed by atoms with van der Waals surface area (Å²) < 4.78 is 0. The summed E-state index contributed by atoms with van der Waals surface area (Å²) in [6.45, 7) is 1.05. The Hall–Kier alpha value is -1.61. The Bertz CT molecular complexity index is 188. The molecule has 0 saturated heterocycles. The molecule has 0 aliphatic heterocycles. The molecule has 0 aromatic rings. The Morgan fingerprint density at radius 1 is 1.40 bits per heavy atom. The van der Waals surface area contributed by atoms with E-state index in [1.807, 2.05) is 0 Å². The third kappa shape index (κ3) is 4.55. The van der Waals surface area contributed by atoms with E-state index in [1.54, 1.807) is 0 Å². The second-order valence-corrected chi connectivity index (χ2v) is 1.24. The molecule has 0 radical (unpaired) electrons. The topological polar surface area (TPSA) is 69.7 Å². The lowest BCUT2D eigenvalue weighted by atomic mass is 10.7. The fraction of sp³-hybridized carbons (Fsp3) is 0.200. The van der Waals surface area contributed by atoms with Crippen molar-refractivity contribution in [1.82, 2.24) is 0 Å². The zero-order valence-electron chi connectivity index (χ0n) is 5.12. The van der Waals surface area contributed by atoms with Crippen LogP contribution in [0.2, 0.25) is 0 Å². The van der Waals surface area contributed by atoms with Gasteiger partial charge >= 0.3 is 11.9 Å². The zero-order chi connectivity index (χ0) is 7.98. The molecule has 0 rings (SSSR count). The number of carbonyl (C=O) groups is 2. The predicted octanol–water partition coefficient (Wildman–Crippen LogP) is -0.605. The van der Waals surface area contributed by atoms with Gasteiger partial charge in [0.15, 0.2) is 0 Å². The third-order valence-corrected chi connectivity index (χ3v) is 0.418. The molecule has 5 nitrogen and oxygen atoms in total. The van der Waals surface area contributed by atoms with Gasteiger partial charge in [0.25, 0.3) is 0 Å². The first-order chi connectivity index (χ1) is 4.66. The van der Waals surface area contributed by atoms with Crippen LogP contribution in [0.4, 0.5) is 0 Å². The van der Waals surface area contributed by atoms with Crippen molar-refractivity contribution in [3.8, 4) is 0 Å². The van der Waals surface area contributed by atoms with E-state index in [-0.39, 0.29) is 0 Å². The molecule has 0 aliphatic carbocycles. The van der Waals surface area contributed by atoms with E-state index in [9.17, 15) is 14.4 Å². The highest BCUT2D eigenvalue weighted by Gasteiger charge is 2.00. The molecule has 0 bridgehead atoms. The first kappa shape index (κ1) is 8.39. The molecule has 0 N–H and O–H groups in total. The Balaban J connectivity index is 3.60. The average Bonchev–Trinajstić information content (AvgIpc) is 1.85. The van der Waals surface area contributed by atoms with Crippen LogP contribution in [0, 0.1) is 0 Å². The molecule has 0 aromatic heterocycles. The fourth-order valence-electron chi connectivity index (χ4n) is 0.172. The normalized spacial score (nSPS) is 7.30. The van der Waals surface area contributed by atoms with E-state index in [2.05, 4.69) is 9.78 Å². The van der Waals surface area contributed by atoms with Crippen LogP contribution in [0.3, 0.4) is 0 Å². The summed E-state index contributed by atoms with van der Waals surface area (Å²) in [6, 6.07) is 0. The van der Waals surface area contributed by atoms with Crippen LogP contribution in [0.25, 0.3) is 0 Å². The van der Waals surface area contributed by atoms with Crippen molar-refractivity contribution in [3.05, 3.63) is 6.08 Å². The van der Waals surface area contributed by atoms with Crippen molar-refractivity contribution in [2.24, 2.45) is 0 Å². The number of hydrogen-bond donors (Lipinski definition) is 0. The van der Waals surface area contributed by atoms with Gasteiger partial charge in [-0.25, -0.2) is 24.2 Å². The molecule has 0 fully saturated rings. The Morgan fingerprint density at radius 2 is 2.00 bits per heavy atom.